The Labute approximate surface area is 116 Å². The molecule has 0 bridgehead atoms. The highest BCUT2D eigenvalue weighted by Gasteiger charge is 2.12. The van der Waals surface area contributed by atoms with Crippen LogP contribution in [-0.2, 0) is 6.42 Å². The second kappa shape index (κ2) is 4.63. The van der Waals surface area contributed by atoms with Gasteiger partial charge < -0.3 is 0 Å². The average Bonchev–Trinajstić information content (AvgIpc) is 2.21. The molecular formula is C12H10Br2ClN. The molecule has 4 heteroatoms. The van der Waals surface area contributed by atoms with Gasteiger partial charge in [-0.3, -0.25) is 4.98 Å². The first kappa shape index (κ1) is 12.3. The number of rotatable bonds is 1. The summed E-state index contributed by atoms with van der Waals surface area (Å²) in [7, 11) is 0. The van der Waals surface area contributed by atoms with Crippen molar-refractivity contribution in [1.29, 1.82) is 0 Å². The van der Waals surface area contributed by atoms with Crippen LogP contribution in [0, 0.1) is 6.92 Å². The molecule has 0 saturated carbocycles. The largest absolute Gasteiger partial charge is 0.252 e. The maximum Gasteiger partial charge on any atom is 0.0863 e. The Morgan fingerprint density at radius 2 is 2.00 bits per heavy atom. The number of hydrogen-bond acceptors (Lipinski definition) is 1. The van der Waals surface area contributed by atoms with E-state index in [1.165, 1.54) is 0 Å². The van der Waals surface area contributed by atoms with Crippen LogP contribution in [0.1, 0.15) is 18.2 Å². The zero-order valence-corrected chi connectivity index (χ0v) is 12.9. The number of fused-ring (bicyclic) bond motifs is 1. The third-order valence-corrected chi connectivity index (χ3v) is 4.09. The quantitative estimate of drug-likeness (QED) is 0.671. The van der Waals surface area contributed by atoms with Crippen molar-refractivity contribution in [2.75, 3.05) is 0 Å². The number of aromatic nitrogens is 1. The molecule has 1 aromatic heterocycles. The number of halogens is 3. The van der Waals surface area contributed by atoms with Crippen molar-refractivity contribution < 1.29 is 0 Å². The summed E-state index contributed by atoms with van der Waals surface area (Å²) >= 11 is 13.4. The number of benzene rings is 1. The third-order valence-electron chi connectivity index (χ3n) is 2.60. The van der Waals surface area contributed by atoms with Crippen LogP contribution >= 0.6 is 43.5 Å². The van der Waals surface area contributed by atoms with Gasteiger partial charge in [0.1, 0.15) is 0 Å². The van der Waals surface area contributed by atoms with E-state index in [0.29, 0.717) is 0 Å². The van der Waals surface area contributed by atoms with Crippen molar-refractivity contribution in [3.63, 3.8) is 0 Å². The molecule has 1 aromatic carbocycles. The lowest BCUT2D eigenvalue weighted by atomic mass is 10.1. The van der Waals surface area contributed by atoms with Crippen LogP contribution in [0.3, 0.4) is 0 Å². The highest BCUT2D eigenvalue weighted by atomic mass is 79.9. The summed E-state index contributed by atoms with van der Waals surface area (Å²) in [6, 6.07) is 3.99. The van der Waals surface area contributed by atoms with Crippen LogP contribution in [0.4, 0.5) is 0 Å². The maximum atomic E-state index is 6.41. The van der Waals surface area contributed by atoms with Crippen molar-refractivity contribution in [3.8, 4) is 0 Å². The molecule has 0 radical (unpaired) electrons. The number of pyridine rings is 1. The van der Waals surface area contributed by atoms with Crippen LogP contribution in [0.2, 0.25) is 5.02 Å². The summed E-state index contributed by atoms with van der Waals surface area (Å²) in [5.41, 5.74) is 3.05. The molecule has 16 heavy (non-hydrogen) atoms. The second-order valence-electron chi connectivity index (χ2n) is 3.63. The molecule has 1 heterocycles. The van der Waals surface area contributed by atoms with Gasteiger partial charge in [-0.2, -0.15) is 0 Å². The Bertz CT molecular complexity index is 567. The lowest BCUT2D eigenvalue weighted by molar-refractivity contribution is 1.07. The van der Waals surface area contributed by atoms with Crippen LogP contribution in [0.5, 0.6) is 0 Å². The topological polar surface area (TPSA) is 12.9 Å². The summed E-state index contributed by atoms with van der Waals surface area (Å²) in [6.07, 6.45) is 0.901. The highest BCUT2D eigenvalue weighted by molar-refractivity contribution is 9.11. The van der Waals surface area contributed by atoms with E-state index in [2.05, 4.69) is 43.8 Å². The van der Waals surface area contributed by atoms with Gasteiger partial charge in [0.15, 0.2) is 0 Å². The first-order valence-electron chi connectivity index (χ1n) is 4.98. The molecule has 1 nitrogen and oxygen atoms in total. The van der Waals surface area contributed by atoms with E-state index in [1.807, 2.05) is 19.1 Å². The molecule has 0 fully saturated rings. The van der Waals surface area contributed by atoms with Gasteiger partial charge in [-0.25, -0.2) is 0 Å². The zero-order chi connectivity index (χ0) is 11.9. The first-order valence-corrected chi connectivity index (χ1v) is 6.94. The molecule has 0 aliphatic carbocycles. The zero-order valence-electron chi connectivity index (χ0n) is 8.94. The molecule has 0 aliphatic rings. The van der Waals surface area contributed by atoms with Crippen molar-refractivity contribution in [1.82, 2.24) is 4.98 Å². The minimum absolute atomic E-state index is 0.812. The van der Waals surface area contributed by atoms with E-state index in [4.69, 9.17) is 11.6 Å². The van der Waals surface area contributed by atoms with Gasteiger partial charge in [0, 0.05) is 20.0 Å². The third kappa shape index (κ3) is 2.01. The standard InChI is InChI=1S/C12H10Br2ClN/c1-3-8-6(2)16-12-9(11(8)15)4-7(13)5-10(12)14/h4-5H,3H2,1-2H3. The molecule has 84 valence electrons. The average molecular weight is 363 g/mol. The van der Waals surface area contributed by atoms with Gasteiger partial charge in [-0.15, -0.1) is 0 Å². The Morgan fingerprint density at radius 1 is 1.31 bits per heavy atom. The fraction of sp³-hybridized carbons (Fsp3) is 0.250. The van der Waals surface area contributed by atoms with E-state index in [1.54, 1.807) is 0 Å². The van der Waals surface area contributed by atoms with Gasteiger partial charge in [0.2, 0.25) is 0 Å². The van der Waals surface area contributed by atoms with E-state index in [0.717, 1.165) is 42.5 Å². The molecule has 0 amide bonds. The Balaban J connectivity index is 2.93. The van der Waals surface area contributed by atoms with E-state index in [9.17, 15) is 0 Å². The number of nitrogens with zero attached hydrogens (tertiary/aromatic N) is 1. The summed E-state index contributed by atoms with van der Waals surface area (Å²) in [4.78, 5) is 4.60. The predicted octanol–water partition coefficient (Wildman–Crippen LogP) is 5.28. The molecule has 0 saturated heterocycles. The fourth-order valence-corrected chi connectivity index (χ4v) is 3.54. The van der Waals surface area contributed by atoms with Gasteiger partial charge in [-0.05, 0) is 47.0 Å². The number of hydrogen-bond donors (Lipinski definition) is 0. The molecular weight excluding hydrogens is 353 g/mol. The molecule has 2 aromatic rings. The van der Waals surface area contributed by atoms with Crippen molar-refractivity contribution in [2.45, 2.75) is 20.3 Å². The van der Waals surface area contributed by atoms with Crippen LogP contribution in [0.15, 0.2) is 21.1 Å². The van der Waals surface area contributed by atoms with Crippen molar-refractivity contribution in [3.05, 3.63) is 37.4 Å². The molecule has 0 spiro atoms. The van der Waals surface area contributed by atoms with E-state index < -0.39 is 0 Å². The fourth-order valence-electron chi connectivity index (χ4n) is 1.81. The van der Waals surface area contributed by atoms with Crippen LogP contribution in [-0.4, -0.2) is 4.98 Å². The van der Waals surface area contributed by atoms with Crippen LogP contribution in [0.25, 0.3) is 10.9 Å². The van der Waals surface area contributed by atoms with E-state index >= 15 is 0 Å². The predicted molar refractivity (Wildman–Crippen MR) is 76.3 cm³/mol. The van der Waals surface area contributed by atoms with Crippen molar-refractivity contribution in [2.24, 2.45) is 0 Å². The first-order chi connectivity index (χ1) is 7.54. The Morgan fingerprint density at radius 3 is 2.62 bits per heavy atom. The summed E-state index contributed by atoms with van der Waals surface area (Å²) in [5, 5.41) is 1.80. The van der Waals surface area contributed by atoms with Gasteiger partial charge in [0.05, 0.1) is 10.5 Å². The van der Waals surface area contributed by atoms with Crippen LogP contribution < -0.4 is 0 Å². The Hall–Kier alpha value is -0.120. The molecule has 2 rings (SSSR count). The Kier molecular flexibility index (Phi) is 3.57. The van der Waals surface area contributed by atoms with Gasteiger partial charge in [0.25, 0.3) is 0 Å². The van der Waals surface area contributed by atoms with Crippen molar-refractivity contribution >= 4 is 54.4 Å². The summed E-state index contributed by atoms with van der Waals surface area (Å²) in [5.74, 6) is 0. The monoisotopic (exact) mass is 361 g/mol. The smallest absolute Gasteiger partial charge is 0.0863 e. The lowest BCUT2D eigenvalue weighted by Gasteiger charge is -2.10. The molecule has 0 unspecified atom stereocenters. The SMILES string of the molecule is CCc1c(C)nc2c(Br)cc(Br)cc2c1Cl. The highest BCUT2D eigenvalue weighted by Crippen LogP contribution is 2.34. The minimum Gasteiger partial charge on any atom is -0.252 e. The van der Waals surface area contributed by atoms with Gasteiger partial charge >= 0.3 is 0 Å². The normalized spacial score (nSPS) is 11.1. The van der Waals surface area contributed by atoms with Gasteiger partial charge in [-0.1, -0.05) is 34.5 Å². The van der Waals surface area contributed by atoms with E-state index in [-0.39, 0.29) is 0 Å². The molecule has 0 atom stereocenters. The maximum absolute atomic E-state index is 6.41. The summed E-state index contributed by atoms with van der Waals surface area (Å²) < 4.78 is 1.96. The molecule has 0 aliphatic heterocycles. The number of aryl methyl sites for hydroxylation is 1. The lowest BCUT2D eigenvalue weighted by Crippen LogP contribution is -1.95. The second-order valence-corrected chi connectivity index (χ2v) is 5.78. The minimum atomic E-state index is 0.812. The molecule has 0 N–H and O–H groups in total. The summed E-state index contributed by atoms with van der Waals surface area (Å²) in [6.45, 7) is 4.09.